The number of ether oxygens (including phenoxy) is 2. The zero-order valence-electron chi connectivity index (χ0n) is 17.9. The molecule has 0 bridgehead atoms. The van der Waals surface area contributed by atoms with Crippen molar-refractivity contribution in [2.24, 2.45) is 10.9 Å². The third kappa shape index (κ3) is 5.81. The molecule has 31 heavy (non-hydrogen) atoms. The van der Waals surface area contributed by atoms with Crippen molar-refractivity contribution in [3.63, 3.8) is 0 Å². The molecule has 10 heteroatoms. The molecule has 0 saturated carbocycles. The summed E-state index contributed by atoms with van der Waals surface area (Å²) in [5.41, 5.74) is 0.0626. The Bertz CT molecular complexity index is 787. The smallest absolute Gasteiger partial charge is 0.416 e. The number of nitrogens with zero attached hydrogens (tertiary/aromatic N) is 3. The summed E-state index contributed by atoms with van der Waals surface area (Å²) < 4.78 is 51.3. The Hall–Kier alpha value is -2.49. The number of carbonyl (C=O) groups is 1. The summed E-state index contributed by atoms with van der Waals surface area (Å²) in [7, 11) is 2.97. The summed E-state index contributed by atoms with van der Waals surface area (Å²) in [6, 6.07) is 4.46. The lowest BCUT2D eigenvalue weighted by Crippen LogP contribution is -2.46. The minimum atomic E-state index is -4.46. The van der Waals surface area contributed by atoms with E-state index >= 15 is 0 Å². The van der Waals surface area contributed by atoms with E-state index in [9.17, 15) is 18.0 Å². The number of carbonyl (C=O) groups excluding carboxylic acids is 1. The lowest BCUT2D eigenvalue weighted by atomic mass is 9.97. The van der Waals surface area contributed by atoms with Crippen molar-refractivity contribution in [2.75, 3.05) is 58.5 Å². The van der Waals surface area contributed by atoms with Gasteiger partial charge in [0.15, 0.2) is 5.96 Å². The maximum Gasteiger partial charge on any atom is 0.416 e. The van der Waals surface area contributed by atoms with Crippen molar-refractivity contribution >= 4 is 17.6 Å². The molecule has 1 aromatic rings. The second kappa shape index (κ2) is 10.2. The zero-order chi connectivity index (χ0) is 22.4. The van der Waals surface area contributed by atoms with Crippen molar-refractivity contribution in [2.45, 2.75) is 25.6 Å². The van der Waals surface area contributed by atoms with Crippen molar-refractivity contribution in [1.29, 1.82) is 0 Å². The number of anilines is 1. The van der Waals surface area contributed by atoms with Gasteiger partial charge >= 0.3 is 12.1 Å². The van der Waals surface area contributed by atoms with E-state index in [2.05, 4.69) is 10.3 Å². The molecule has 2 saturated heterocycles. The molecule has 3 rings (SSSR count). The van der Waals surface area contributed by atoms with Gasteiger partial charge in [-0.05, 0) is 30.5 Å². The number of nitrogens with one attached hydrogen (secondary N) is 1. The molecule has 2 aliphatic heterocycles. The first-order chi connectivity index (χ1) is 14.8. The van der Waals surface area contributed by atoms with E-state index in [0.717, 1.165) is 0 Å². The van der Waals surface area contributed by atoms with E-state index < -0.39 is 11.7 Å². The van der Waals surface area contributed by atoms with Crippen molar-refractivity contribution < 1.29 is 27.4 Å². The number of aliphatic imine (C=N–C) groups is 1. The molecule has 0 aliphatic carbocycles. The van der Waals surface area contributed by atoms with Gasteiger partial charge in [0.1, 0.15) is 0 Å². The van der Waals surface area contributed by atoms with Gasteiger partial charge in [0, 0.05) is 45.5 Å². The molecule has 1 N–H and O–H groups in total. The second-order valence-electron chi connectivity index (χ2n) is 7.62. The highest BCUT2D eigenvalue weighted by atomic mass is 19.4. The molecule has 0 atom stereocenters. The van der Waals surface area contributed by atoms with Crippen LogP contribution >= 0.6 is 0 Å². The molecule has 0 radical (unpaired) electrons. The van der Waals surface area contributed by atoms with E-state index in [1.54, 1.807) is 13.1 Å². The molecule has 172 valence electrons. The number of hydrogen-bond acceptors (Lipinski definition) is 5. The van der Waals surface area contributed by atoms with Crippen LogP contribution in [0.15, 0.2) is 23.2 Å². The van der Waals surface area contributed by atoms with Gasteiger partial charge in [-0.15, -0.1) is 0 Å². The Kier molecular flexibility index (Phi) is 7.64. The molecular weight excluding hydrogens is 413 g/mol. The number of morpholine rings is 1. The molecule has 2 aliphatic rings. The Balaban J connectivity index is 1.67. The van der Waals surface area contributed by atoms with Crippen molar-refractivity contribution in [3.05, 3.63) is 29.3 Å². The minimum absolute atomic E-state index is 0.00182. The van der Waals surface area contributed by atoms with Crippen LogP contribution in [0.25, 0.3) is 0 Å². The Labute approximate surface area is 180 Å². The van der Waals surface area contributed by atoms with Gasteiger partial charge in [0.05, 0.1) is 31.8 Å². The Morgan fingerprint density at radius 2 is 1.90 bits per heavy atom. The second-order valence-corrected chi connectivity index (χ2v) is 7.62. The van der Waals surface area contributed by atoms with Gasteiger partial charge in [-0.3, -0.25) is 9.79 Å². The number of piperidine rings is 1. The number of hydrogen-bond donors (Lipinski definition) is 1. The molecule has 0 spiro atoms. The monoisotopic (exact) mass is 442 g/mol. The Morgan fingerprint density at radius 3 is 2.48 bits per heavy atom. The van der Waals surface area contributed by atoms with Gasteiger partial charge in [0.25, 0.3) is 0 Å². The summed E-state index contributed by atoms with van der Waals surface area (Å²) in [6.07, 6.45) is -3.22. The molecular formula is C21H29F3N4O3. The van der Waals surface area contributed by atoms with Gasteiger partial charge in [-0.1, -0.05) is 6.07 Å². The zero-order valence-corrected chi connectivity index (χ0v) is 17.9. The summed E-state index contributed by atoms with van der Waals surface area (Å²) in [6.45, 7) is 3.33. The number of alkyl halides is 3. The van der Waals surface area contributed by atoms with Crippen molar-refractivity contribution in [3.8, 4) is 0 Å². The van der Waals surface area contributed by atoms with Gasteiger partial charge < -0.3 is 24.6 Å². The van der Waals surface area contributed by atoms with Crippen LogP contribution in [0, 0.1) is 5.92 Å². The molecule has 2 fully saturated rings. The maximum absolute atomic E-state index is 13.8. The van der Waals surface area contributed by atoms with E-state index in [1.807, 2.05) is 9.80 Å². The predicted molar refractivity (Wildman–Crippen MR) is 111 cm³/mol. The minimum Gasteiger partial charge on any atom is -0.469 e. The molecule has 0 aromatic heterocycles. The van der Waals surface area contributed by atoms with Crippen LogP contribution in [0.1, 0.15) is 24.0 Å². The van der Waals surface area contributed by atoms with E-state index in [1.165, 1.54) is 19.2 Å². The third-order valence-electron chi connectivity index (χ3n) is 5.75. The van der Waals surface area contributed by atoms with Crippen LogP contribution in [-0.4, -0.2) is 70.4 Å². The number of methoxy groups -OCH3 is 1. The summed E-state index contributed by atoms with van der Waals surface area (Å²) in [5, 5.41) is 3.05. The Morgan fingerprint density at radius 1 is 1.23 bits per heavy atom. The number of benzene rings is 1. The fourth-order valence-corrected chi connectivity index (χ4v) is 4.00. The summed E-state index contributed by atoms with van der Waals surface area (Å²) >= 11 is 0. The van der Waals surface area contributed by atoms with Gasteiger partial charge in [-0.25, -0.2) is 0 Å². The van der Waals surface area contributed by atoms with E-state index in [-0.39, 0.29) is 24.0 Å². The highest BCUT2D eigenvalue weighted by molar-refractivity contribution is 5.80. The highest BCUT2D eigenvalue weighted by Crippen LogP contribution is 2.35. The van der Waals surface area contributed by atoms with Crippen LogP contribution in [0.4, 0.5) is 18.9 Å². The topological polar surface area (TPSA) is 66.4 Å². The van der Waals surface area contributed by atoms with Gasteiger partial charge in [-0.2, -0.15) is 13.2 Å². The summed E-state index contributed by atoms with van der Waals surface area (Å²) in [5.74, 6) is 0.149. The first-order valence-corrected chi connectivity index (χ1v) is 10.4. The molecule has 1 aromatic carbocycles. The molecule has 0 unspecified atom stereocenters. The predicted octanol–water partition coefficient (Wildman–Crippen LogP) is 2.50. The first kappa shape index (κ1) is 23.2. The maximum atomic E-state index is 13.8. The lowest BCUT2D eigenvalue weighted by molar-refractivity contribution is -0.146. The van der Waals surface area contributed by atoms with E-state index in [4.69, 9.17) is 9.47 Å². The number of likely N-dealkylation sites (tertiary alicyclic amines) is 1. The fourth-order valence-electron chi connectivity index (χ4n) is 4.00. The van der Waals surface area contributed by atoms with Crippen LogP contribution in [0.2, 0.25) is 0 Å². The van der Waals surface area contributed by atoms with E-state index in [0.29, 0.717) is 63.9 Å². The largest absolute Gasteiger partial charge is 0.469 e. The molecule has 7 nitrogen and oxygen atoms in total. The fraction of sp³-hybridized carbons (Fsp3) is 0.619. The van der Waals surface area contributed by atoms with Gasteiger partial charge in [0.2, 0.25) is 0 Å². The average Bonchev–Trinajstić information content (AvgIpc) is 2.79. The lowest BCUT2D eigenvalue weighted by Gasteiger charge is -2.33. The molecule has 0 amide bonds. The SMILES string of the molecule is CN=C(NCc1ccc(N2CCOCC2)cc1C(F)(F)F)N1CCC(C(=O)OC)CC1. The van der Waals surface area contributed by atoms with Crippen LogP contribution in [0.5, 0.6) is 0 Å². The number of guanidine groups is 1. The first-order valence-electron chi connectivity index (χ1n) is 10.4. The van der Waals surface area contributed by atoms with Crippen LogP contribution < -0.4 is 10.2 Å². The highest BCUT2D eigenvalue weighted by Gasteiger charge is 2.34. The number of halogens is 3. The average molecular weight is 442 g/mol. The van der Waals surface area contributed by atoms with Crippen LogP contribution in [-0.2, 0) is 27.0 Å². The molecule has 2 heterocycles. The number of esters is 1. The third-order valence-corrected chi connectivity index (χ3v) is 5.75. The standard InChI is InChI=1S/C21H29F3N4O3/c1-25-20(28-7-5-15(6-8-28)19(29)30-2)26-14-16-3-4-17(13-18(16)21(22,23)24)27-9-11-31-12-10-27/h3-4,13,15H,5-12,14H2,1-2H3,(H,25,26). The normalized spacial score (nSPS) is 18.8. The summed E-state index contributed by atoms with van der Waals surface area (Å²) in [4.78, 5) is 19.8. The van der Waals surface area contributed by atoms with Crippen molar-refractivity contribution in [1.82, 2.24) is 10.2 Å². The quantitative estimate of drug-likeness (QED) is 0.439. The number of rotatable bonds is 4. The van der Waals surface area contributed by atoms with Crippen LogP contribution in [0.3, 0.4) is 0 Å².